The third-order valence-electron chi connectivity index (χ3n) is 4.38. The van der Waals surface area contributed by atoms with Gasteiger partial charge in [-0.1, -0.05) is 28.1 Å². The van der Waals surface area contributed by atoms with Crippen molar-refractivity contribution in [3.63, 3.8) is 0 Å². The van der Waals surface area contributed by atoms with Crippen LogP contribution in [0.1, 0.15) is 15.9 Å². The SMILES string of the molecule is COC(=O)c1ccc(CN(C)C(=O)CN2C(=O)COc3cc(Br)ccc32)cc1. The van der Waals surface area contributed by atoms with Crippen LogP contribution in [0.25, 0.3) is 0 Å². The number of rotatable bonds is 5. The lowest BCUT2D eigenvalue weighted by molar-refractivity contribution is -0.131. The van der Waals surface area contributed by atoms with Crippen LogP contribution in [0.2, 0.25) is 0 Å². The van der Waals surface area contributed by atoms with Crippen LogP contribution in [0, 0.1) is 0 Å². The molecule has 0 saturated carbocycles. The predicted octanol–water partition coefficient (Wildman–Crippen LogP) is 2.62. The van der Waals surface area contributed by atoms with Crippen LogP contribution in [-0.4, -0.2) is 50.0 Å². The zero-order valence-electron chi connectivity index (χ0n) is 15.5. The number of likely N-dealkylation sites (N-methyl/N-ethyl adjacent to an activating group) is 1. The Labute approximate surface area is 171 Å². The van der Waals surface area contributed by atoms with Gasteiger partial charge < -0.3 is 14.4 Å². The van der Waals surface area contributed by atoms with E-state index in [2.05, 4.69) is 20.7 Å². The first-order valence-electron chi connectivity index (χ1n) is 8.53. The number of carbonyl (C=O) groups is 3. The van der Waals surface area contributed by atoms with Crippen LogP contribution >= 0.6 is 15.9 Å². The molecular weight excluding hydrogens is 428 g/mol. The Hall–Kier alpha value is -2.87. The molecule has 0 spiro atoms. The van der Waals surface area contributed by atoms with Gasteiger partial charge in [0.15, 0.2) is 6.61 Å². The van der Waals surface area contributed by atoms with E-state index in [0.717, 1.165) is 10.0 Å². The number of carbonyl (C=O) groups excluding carboxylic acids is 3. The molecule has 0 aromatic heterocycles. The van der Waals surface area contributed by atoms with Gasteiger partial charge in [0, 0.05) is 18.1 Å². The van der Waals surface area contributed by atoms with Crippen molar-refractivity contribution < 1.29 is 23.9 Å². The molecule has 0 unspecified atom stereocenters. The zero-order valence-corrected chi connectivity index (χ0v) is 17.1. The van der Waals surface area contributed by atoms with Gasteiger partial charge in [0.2, 0.25) is 5.91 Å². The number of benzene rings is 2. The van der Waals surface area contributed by atoms with Gasteiger partial charge in [-0.2, -0.15) is 0 Å². The first kappa shape index (κ1) is 19.9. The third kappa shape index (κ3) is 4.33. The molecule has 28 heavy (non-hydrogen) atoms. The monoisotopic (exact) mass is 446 g/mol. The molecule has 2 aromatic carbocycles. The van der Waals surface area contributed by atoms with Gasteiger partial charge in [-0.15, -0.1) is 0 Å². The minimum Gasteiger partial charge on any atom is -0.482 e. The highest BCUT2D eigenvalue weighted by atomic mass is 79.9. The van der Waals surface area contributed by atoms with Gasteiger partial charge in [0.25, 0.3) is 5.91 Å². The molecule has 146 valence electrons. The maximum atomic E-state index is 12.7. The summed E-state index contributed by atoms with van der Waals surface area (Å²) in [7, 11) is 3.00. The molecule has 0 saturated heterocycles. The number of ether oxygens (including phenoxy) is 2. The number of amides is 2. The number of halogens is 1. The van der Waals surface area contributed by atoms with Crippen molar-refractivity contribution in [1.29, 1.82) is 0 Å². The smallest absolute Gasteiger partial charge is 0.337 e. The highest BCUT2D eigenvalue weighted by Gasteiger charge is 2.28. The molecule has 7 nitrogen and oxygen atoms in total. The largest absolute Gasteiger partial charge is 0.482 e. The summed E-state index contributed by atoms with van der Waals surface area (Å²) in [6.07, 6.45) is 0. The van der Waals surface area contributed by atoms with E-state index in [1.807, 2.05) is 0 Å². The standard InChI is InChI=1S/C20H19BrN2O5/c1-22(10-13-3-5-14(6-4-13)20(26)27-2)18(24)11-23-16-8-7-15(21)9-17(16)28-12-19(23)25/h3-9H,10-12H2,1-2H3. The van der Waals surface area contributed by atoms with E-state index in [-0.39, 0.29) is 25.0 Å². The highest BCUT2D eigenvalue weighted by Crippen LogP contribution is 2.34. The van der Waals surface area contributed by atoms with Crippen molar-refractivity contribution in [2.45, 2.75) is 6.54 Å². The van der Waals surface area contributed by atoms with Gasteiger partial charge >= 0.3 is 5.97 Å². The number of methoxy groups -OCH3 is 1. The summed E-state index contributed by atoms with van der Waals surface area (Å²) >= 11 is 3.37. The fourth-order valence-corrected chi connectivity index (χ4v) is 3.17. The van der Waals surface area contributed by atoms with Crippen molar-refractivity contribution in [3.05, 3.63) is 58.1 Å². The van der Waals surface area contributed by atoms with E-state index in [9.17, 15) is 14.4 Å². The van der Waals surface area contributed by atoms with E-state index in [1.165, 1.54) is 16.9 Å². The van der Waals surface area contributed by atoms with Crippen LogP contribution in [0.3, 0.4) is 0 Å². The first-order chi connectivity index (χ1) is 13.4. The summed E-state index contributed by atoms with van der Waals surface area (Å²) < 4.78 is 10.9. The number of hydrogen-bond donors (Lipinski definition) is 0. The van der Waals surface area contributed by atoms with Crippen molar-refractivity contribution in [2.75, 3.05) is 32.2 Å². The molecule has 3 rings (SSSR count). The number of nitrogens with zero attached hydrogens (tertiary/aromatic N) is 2. The van der Waals surface area contributed by atoms with E-state index >= 15 is 0 Å². The quantitative estimate of drug-likeness (QED) is 0.659. The summed E-state index contributed by atoms with van der Waals surface area (Å²) in [5.41, 5.74) is 1.88. The fourth-order valence-electron chi connectivity index (χ4n) is 2.83. The van der Waals surface area contributed by atoms with Gasteiger partial charge in [-0.25, -0.2) is 4.79 Å². The highest BCUT2D eigenvalue weighted by molar-refractivity contribution is 9.10. The van der Waals surface area contributed by atoms with Crippen LogP contribution in [-0.2, 0) is 20.9 Å². The minimum absolute atomic E-state index is 0.0758. The molecule has 1 aliphatic rings. The lowest BCUT2D eigenvalue weighted by Gasteiger charge is -2.30. The maximum absolute atomic E-state index is 12.7. The second kappa shape index (κ2) is 8.43. The topological polar surface area (TPSA) is 76.2 Å². The molecule has 1 heterocycles. The fraction of sp³-hybridized carbons (Fsp3) is 0.250. The van der Waals surface area contributed by atoms with Crippen molar-refractivity contribution in [1.82, 2.24) is 4.90 Å². The Morgan fingerprint density at radius 1 is 1.21 bits per heavy atom. The molecule has 1 aliphatic heterocycles. The molecule has 2 aromatic rings. The molecule has 0 aliphatic carbocycles. The average molecular weight is 447 g/mol. The normalized spacial score (nSPS) is 12.8. The molecule has 8 heteroatoms. The second-order valence-electron chi connectivity index (χ2n) is 6.32. The Morgan fingerprint density at radius 2 is 1.93 bits per heavy atom. The summed E-state index contributed by atoms with van der Waals surface area (Å²) in [5.74, 6) is -0.324. The van der Waals surface area contributed by atoms with Crippen LogP contribution in [0.15, 0.2) is 46.9 Å². The number of esters is 1. The summed E-state index contributed by atoms with van der Waals surface area (Å²) in [4.78, 5) is 39.4. The average Bonchev–Trinajstić information content (AvgIpc) is 2.69. The Bertz CT molecular complexity index is 913. The van der Waals surface area contributed by atoms with Gasteiger partial charge in [0.1, 0.15) is 12.3 Å². The molecule has 0 N–H and O–H groups in total. The van der Waals surface area contributed by atoms with E-state index < -0.39 is 5.97 Å². The predicted molar refractivity (Wildman–Crippen MR) is 106 cm³/mol. The van der Waals surface area contributed by atoms with Crippen LogP contribution in [0.5, 0.6) is 5.75 Å². The van der Waals surface area contributed by atoms with Gasteiger partial charge in [-0.05, 0) is 35.9 Å². The van der Waals surface area contributed by atoms with Crippen molar-refractivity contribution in [3.8, 4) is 5.75 Å². The van der Waals surface area contributed by atoms with Crippen LogP contribution < -0.4 is 9.64 Å². The van der Waals surface area contributed by atoms with Gasteiger partial charge in [-0.3, -0.25) is 14.5 Å². The van der Waals surface area contributed by atoms with E-state index in [1.54, 1.807) is 49.5 Å². The Morgan fingerprint density at radius 3 is 2.61 bits per heavy atom. The van der Waals surface area contributed by atoms with E-state index in [4.69, 9.17) is 4.74 Å². The lowest BCUT2D eigenvalue weighted by atomic mass is 10.1. The molecule has 0 radical (unpaired) electrons. The van der Waals surface area contributed by atoms with Crippen molar-refractivity contribution in [2.24, 2.45) is 0 Å². The van der Waals surface area contributed by atoms with Crippen LogP contribution in [0.4, 0.5) is 5.69 Å². The van der Waals surface area contributed by atoms with Crippen molar-refractivity contribution >= 4 is 39.4 Å². The summed E-state index contributed by atoms with van der Waals surface area (Å²) in [6.45, 7) is 0.176. The lowest BCUT2D eigenvalue weighted by Crippen LogP contribution is -2.45. The number of anilines is 1. The third-order valence-corrected chi connectivity index (χ3v) is 4.87. The Kier molecular flexibility index (Phi) is 5.99. The molecule has 0 atom stereocenters. The minimum atomic E-state index is -0.410. The molecule has 0 bridgehead atoms. The second-order valence-corrected chi connectivity index (χ2v) is 7.23. The van der Waals surface area contributed by atoms with Gasteiger partial charge in [0.05, 0.1) is 18.4 Å². The summed E-state index contributed by atoms with van der Waals surface area (Å²) in [5, 5.41) is 0. The summed E-state index contributed by atoms with van der Waals surface area (Å²) in [6, 6.07) is 12.1. The maximum Gasteiger partial charge on any atom is 0.337 e. The molecule has 2 amide bonds. The van der Waals surface area contributed by atoms with E-state index in [0.29, 0.717) is 23.5 Å². The zero-order chi connectivity index (χ0) is 20.3. The first-order valence-corrected chi connectivity index (χ1v) is 9.32. The molecule has 0 fully saturated rings. The number of hydrogen-bond acceptors (Lipinski definition) is 5. The number of fused-ring (bicyclic) bond motifs is 1. The Balaban J connectivity index is 1.67. The molecular formula is C20H19BrN2O5.